The maximum absolute atomic E-state index is 10.9. The first-order valence-corrected chi connectivity index (χ1v) is 5.54. The molecule has 2 aromatic rings. The molecule has 0 amide bonds. The van der Waals surface area contributed by atoms with E-state index in [-0.39, 0.29) is 0 Å². The van der Waals surface area contributed by atoms with Gasteiger partial charge in [-0.05, 0) is 22.9 Å². The third kappa shape index (κ3) is 2.25. The lowest BCUT2D eigenvalue weighted by Crippen LogP contribution is -1.99. The van der Waals surface area contributed by atoms with E-state index in [1.165, 1.54) is 11.3 Å². The molecule has 0 fully saturated rings. The van der Waals surface area contributed by atoms with Gasteiger partial charge >= 0.3 is 5.97 Å². The van der Waals surface area contributed by atoms with Crippen LogP contribution in [0.1, 0.15) is 21.5 Å². The minimum absolute atomic E-state index is 0.420. The van der Waals surface area contributed by atoms with Gasteiger partial charge in [0.05, 0.1) is 5.56 Å². The Hall–Kier alpha value is -1.61. The average Bonchev–Trinajstić information content (AvgIpc) is 2.67. The second kappa shape index (κ2) is 4.28. The van der Waals surface area contributed by atoms with Gasteiger partial charge in [0.2, 0.25) is 0 Å². The van der Waals surface area contributed by atoms with Crippen molar-refractivity contribution in [2.24, 2.45) is 0 Å². The third-order valence-electron chi connectivity index (χ3n) is 2.21. The molecule has 0 unspecified atom stereocenters. The Kier molecular flexibility index (Phi) is 2.83. The number of thiophene rings is 1. The summed E-state index contributed by atoms with van der Waals surface area (Å²) < 4.78 is 0. The molecule has 1 N–H and O–H groups in total. The molecule has 0 aliphatic carbocycles. The van der Waals surface area contributed by atoms with Gasteiger partial charge in [-0.15, -0.1) is 0 Å². The van der Waals surface area contributed by atoms with Crippen LogP contribution in [0.5, 0.6) is 0 Å². The van der Waals surface area contributed by atoms with E-state index in [9.17, 15) is 4.79 Å². The Labute approximate surface area is 91.8 Å². The smallest absolute Gasteiger partial charge is 0.336 e. The Bertz CT molecular complexity index is 459. The Morgan fingerprint density at radius 2 is 1.93 bits per heavy atom. The molecule has 0 atom stereocenters. The second-order valence-electron chi connectivity index (χ2n) is 3.28. The molecule has 3 heteroatoms. The largest absolute Gasteiger partial charge is 0.478 e. The number of carboxylic acid groups (broad SMARTS) is 1. The molecule has 1 aromatic carbocycles. The van der Waals surface area contributed by atoms with Crippen molar-refractivity contribution in [1.29, 1.82) is 0 Å². The van der Waals surface area contributed by atoms with Crippen molar-refractivity contribution in [3.63, 3.8) is 0 Å². The topological polar surface area (TPSA) is 37.3 Å². The average molecular weight is 218 g/mol. The minimum Gasteiger partial charge on any atom is -0.478 e. The maximum atomic E-state index is 10.9. The first-order valence-electron chi connectivity index (χ1n) is 4.59. The van der Waals surface area contributed by atoms with Crippen LogP contribution in [0.25, 0.3) is 0 Å². The zero-order valence-corrected chi connectivity index (χ0v) is 8.83. The van der Waals surface area contributed by atoms with Gasteiger partial charge in [0, 0.05) is 5.38 Å². The molecule has 76 valence electrons. The Balaban J connectivity index is 2.25. The van der Waals surface area contributed by atoms with E-state index in [0.717, 1.165) is 11.1 Å². The quantitative estimate of drug-likeness (QED) is 0.859. The summed E-state index contributed by atoms with van der Waals surface area (Å²) in [5.74, 6) is -0.845. The second-order valence-corrected chi connectivity index (χ2v) is 4.02. The first kappa shape index (κ1) is 9.93. The van der Waals surface area contributed by atoms with Gasteiger partial charge in [-0.1, -0.05) is 30.3 Å². The van der Waals surface area contributed by atoms with Crippen molar-refractivity contribution in [3.8, 4) is 0 Å². The molecule has 0 bridgehead atoms. The normalized spacial score (nSPS) is 10.1. The number of benzene rings is 1. The summed E-state index contributed by atoms with van der Waals surface area (Å²) in [4.78, 5) is 10.9. The standard InChI is InChI=1S/C12H10O2S/c13-12(14)11-8-15-7-10(11)6-9-4-2-1-3-5-9/h1-5,7-8H,6H2,(H,13,14). The fourth-order valence-corrected chi connectivity index (χ4v) is 2.29. The summed E-state index contributed by atoms with van der Waals surface area (Å²) >= 11 is 1.43. The van der Waals surface area contributed by atoms with E-state index >= 15 is 0 Å². The van der Waals surface area contributed by atoms with Gasteiger partial charge < -0.3 is 5.11 Å². The number of aromatic carboxylic acids is 1. The van der Waals surface area contributed by atoms with Crippen molar-refractivity contribution in [2.75, 3.05) is 0 Å². The lowest BCUT2D eigenvalue weighted by Gasteiger charge is -2.00. The van der Waals surface area contributed by atoms with E-state index < -0.39 is 5.97 Å². The van der Waals surface area contributed by atoms with Crippen molar-refractivity contribution in [3.05, 3.63) is 57.8 Å². The summed E-state index contributed by atoms with van der Waals surface area (Å²) in [6.07, 6.45) is 0.686. The molecule has 1 aromatic heterocycles. The molecule has 15 heavy (non-hydrogen) atoms. The number of rotatable bonds is 3. The zero-order chi connectivity index (χ0) is 10.7. The highest BCUT2D eigenvalue weighted by molar-refractivity contribution is 7.08. The van der Waals surface area contributed by atoms with Crippen LogP contribution in [0.2, 0.25) is 0 Å². The van der Waals surface area contributed by atoms with E-state index in [1.807, 2.05) is 35.7 Å². The van der Waals surface area contributed by atoms with Crippen molar-refractivity contribution in [2.45, 2.75) is 6.42 Å². The predicted molar refractivity (Wildman–Crippen MR) is 60.5 cm³/mol. The fourth-order valence-electron chi connectivity index (χ4n) is 1.46. The fraction of sp³-hybridized carbons (Fsp3) is 0.0833. The van der Waals surface area contributed by atoms with Crippen LogP contribution >= 0.6 is 11.3 Å². The first-order chi connectivity index (χ1) is 7.27. The van der Waals surface area contributed by atoms with Gasteiger partial charge in [0.1, 0.15) is 0 Å². The molecule has 0 saturated carbocycles. The van der Waals surface area contributed by atoms with Gasteiger partial charge in [-0.25, -0.2) is 4.79 Å². The van der Waals surface area contributed by atoms with Gasteiger partial charge in [0.25, 0.3) is 0 Å². The highest BCUT2D eigenvalue weighted by Crippen LogP contribution is 2.18. The molecule has 2 nitrogen and oxygen atoms in total. The number of hydrogen-bond acceptors (Lipinski definition) is 2. The minimum atomic E-state index is -0.845. The van der Waals surface area contributed by atoms with Gasteiger partial charge in [0.15, 0.2) is 0 Å². The van der Waals surface area contributed by atoms with Crippen LogP contribution in [0.3, 0.4) is 0 Å². The number of carbonyl (C=O) groups is 1. The van der Waals surface area contributed by atoms with Crippen LogP contribution in [0.4, 0.5) is 0 Å². The molecule has 0 spiro atoms. The highest BCUT2D eigenvalue weighted by Gasteiger charge is 2.10. The van der Waals surface area contributed by atoms with Crippen LogP contribution in [-0.4, -0.2) is 11.1 Å². The third-order valence-corrected chi connectivity index (χ3v) is 3.00. The SMILES string of the molecule is O=C(O)c1cscc1Cc1ccccc1. The Morgan fingerprint density at radius 1 is 1.20 bits per heavy atom. The van der Waals surface area contributed by atoms with E-state index in [4.69, 9.17) is 5.11 Å². The number of hydrogen-bond donors (Lipinski definition) is 1. The van der Waals surface area contributed by atoms with Crippen molar-refractivity contribution in [1.82, 2.24) is 0 Å². The van der Waals surface area contributed by atoms with Crippen molar-refractivity contribution >= 4 is 17.3 Å². The molecular formula is C12H10O2S. The molecule has 2 rings (SSSR count). The van der Waals surface area contributed by atoms with Crippen LogP contribution in [0.15, 0.2) is 41.1 Å². The predicted octanol–water partition coefficient (Wildman–Crippen LogP) is 3.04. The molecule has 1 heterocycles. The molecule has 0 saturated heterocycles. The molecule has 0 radical (unpaired) electrons. The van der Waals surface area contributed by atoms with Crippen LogP contribution < -0.4 is 0 Å². The van der Waals surface area contributed by atoms with E-state index in [1.54, 1.807) is 5.38 Å². The molecular weight excluding hydrogens is 208 g/mol. The summed E-state index contributed by atoms with van der Waals surface area (Å²) in [5.41, 5.74) is 2.45. The molecule has 0 aliphatic heterocycles. The maximum Gasteiger partial charge on any atom is 0.336 e. The van der Waals surface area contributed by atoms with Crippen LogP contribution in [-0.2, 0) is 6.42 Å². The van der Waals surface area contributed by atoms with Gasteiger partial charge in [-0.2, -0.15) is 11.3 Å². The summed E-state index contributed by atoms with van der Waals surface area (Å²) in [7, 11) is 0. The highest BCUT2D eigenvalue weighted by atomic mass is 32.1. The lowest BCUT2D eigenvalue weighted by atomic mass is 10.0. The van der Waals surface area contributed by atoms with Crippen molar-refractivity contribution < 1.29 is 9.90 Å². The molecule has 0 aliphatic rings. The van der Waals surface area contributed by atoms with Gasteiger partial charge in [-0.3, -0.25) is 0 Å². The summed E-state index contributed by atoms with van der Waals surface area (Å²) in [5, 5.41) is 12.5. The van der Waals surface area contributed by atoms with Crippen LogP contribution in [0, 0.1) is 0 Å². The summed E-state index contributed by atoms with van der Waals surface area (Å²) in [6, 6.07) is 9.88. The summed E-state index contributed by atoms with van der Waals surface area (Å²) in [6.45, 7) is 0. The lowest BCUT2D eigenvalue weighted by molar-refractivity contribution is 0.0696. The monoisotopic (exact) mass is 218 g/mol. The van der Waals surface area contributed by atoms with E-state index in [0.29, 0.717) is 12.0 Å². The zero-order valence-electron chi connectivity index (χ0n) is 8.01. The Morgan fingerprint density at radius 3 is 2.60 bits per heavy atom. The number of carboxylic acids is 1. The van der Waals surface area contributed by atoms with E-state index in [2.05, 4.69) is 0 Å².